The Labute approximate surface area is 154 Å². The van der Waals surface area contributed by atoms with E-state index < -0.39 is 10.0 Å². The Morgan fingerprint density at radius 1 is 1.19 bits per heavy atom. The van der Waals surface area contributed by atoms with Crippen LogP contribution < -0.4 is 0 Å². The fraction of sp³-hybridized carbons (Fsp3) is 0.316. The molecule has 0 aliphatic heterocycles. The molecule has 0 saturated carbocycles. The highest BCUT2D eigenvalue weighted by atomic mass is 32.2. The van der Waals surface area contributed by atoms with E-state index in [0.29, 0.717) is 18.8 Å². The van der Waals surface area contributed by atoms with Crippen LogP contribution in [0.1, 0.15) is 30.0 Å². The van der Waals surface area contributed by atoms with Gasteiger partial charge in [0.05, 0.1) is 24.2 Å². The zero-order valence-electron chi connectivity index (χ0n) is 14.9. The molecular weight excluding hydrogens is 352 g/mol. The molecule has 6 nitrogen and oxygen atoms in total. The van der Waals surface area contributed by atoms with Crippen molar-refractivity contribution in [2.45, 2.75) is 25.3 Å². The summed E-state index contributed by atoms with van der Waals surface area (Å²) in [5, 5.41) is 0. The average molecular weight is 374 g/mol. The highest BCUT2D eigenvalue weighted by Gasteiger charge is 2.24. The van der Waals surface area contributed by atoms with Crippen molar-refractivity contribution in [1.82, 2.24) is 9.21 Å². The minimum Gasteiger partial charge on any atom is -0.467 e. The van der Waals surface area contributed by atoms with Crippen molar-refractivity contribution in [2.24, 2.45) is 0 Å². The zero-order chi connectivity index (χ0) is 19.2. The third-order valence-electron chi connectivity index (χ3n) is 3.92. The van der Waals surface area contributed by atoms with Crippen LogP contribution in [0.25, 0.3) is 0 Å². The van der Waals surface area contributed by atoms with E-state index in [1.807, 2.05) is 0 Å². The van der Waals surface area contributed by atoms with Crippen molar-refractivity contribution in [3.8, 4) is 12.3 Å². The van der Waals surface area contributed by atoms with Gasteiger partial charge in [-0.3, -0.25) is 4.79 Å². The number of carbonyl (C=O) groups is 1. The van der Waals surface area contributed by atoms with E-state index in [4.69, 9.17) is 10.8 Å². The van der Waals surface area contributed by atoms with Gasteiger partial charge in [-0.1, -0.05) is 25.8 Å². The SMILES string of the molecule is C#CCN(Cc1ccco1)C(=O)c1cccc(S(=O)(=O)N(CC)CC)c1. The first kappa shape index (κ1) is 19.8. The van der Waals surface area contributed by atoms with E-state index in [0.717, 1.165) is 0 Å². The summed E-state index contributed by atoms with van der Waals surface area (Å²) in [7, 11) is -3.64. The summed E-state index contributed by atoms with van der Waals surface area (Å²) >= 11 is 0. The second-order valence-corrected chi connectivity index (χ2v) is 7.50. The Bertz CT molecular complexity index is 879. The molecule has 0 bridgehead atoms. The van der Waals surface area contributed by atoms with Crippen LogP contribution in [0.5, 0.6) is 0 Å². The van der Waals surface area contributed by atoms with Crippen LogP contribution in [0, 0.1) is 12.3 Å². The lowest BCUT2D eigenvalue weighted by molar-refractivity contribution is 0.0755. The Morgan fingerprint density at radius 2 is 1.92 bits per heavy atom. The number of benzene rings is 1. The molecule has 0 spiro atoms. The lowest BCUT2D eigenvalue weighted by Crippen LogP contribution is -2.32. The Balaban J connectivity index is 2.32. The van der Waals surface area contributed by atoms with Crippen molar-refractivity contribution in [2.75, 3.05) is 19.6 Å². The van der Waals surface area contributed by atoms with Gasteiger partial charge < -0.3 is 9.32 Å². The van der Waals surface area contributed by atoms with Crippen molar-refractivity contribution in [3.63, 3.8) is 0 Å². The molecule has 0 radical (unpaired) electrons. The van der Waals surface area contributed by atoms with Crippen LogP contribution in [0.4, 0.5) is 0 Å². The standard InChI is InChI=1S/C19H22N2O4S/c1-4-12-20(15-17-10-8-13-25-17)19(22)16-9-7-11-18(14-16)26(23,24)21(5-2)6-3/h1,7-11,13-14H,5-6,12,15H2,2-3H3. The van der Waals surface area contributed by atoms with Gasteiger partial charge in [0.2, 0.25) is 10.0 Å². The first-order valence-electron chi connectivity index (χ1n) is 8.29. The van der Waals surface area contributed by atoms with Crippen LogP contribution in [0.15, 0.2) is 52.0 Å². The van der Waals surface area contributed by atoms with Crippen molar-refractivity contribution >= 4 is 15.9 Å². The molecule has 2 rings (SSSR count). The molecule has 26 heavy (non-hydrogen) atoms. The summed E-state index contributed by atoms with van der Waals surface area (Å²) in [6.45, 7) is 4.56. The van der Waals surface area contributed by atoms with E-state index in [2.05, 4.69) is 5.92 Å². The molecule has 7 heteroatoms. The molecular formula is C19H22N2O4S. The summed E-state index contributed by atoms with van der Waals surface area (Å²) < 4.78 is 32.0. The molecule has 1 heterocycles. The fourth-order valence-corrected chi connectivity index (χ4v) is 4.09. The topological polar surface area (TPSA) is 70.8 Å². The minimum atomic E-state index is -3.64. The average Bonchev–Trinajstić information content (AvgIpc) is 3.15. The normalized spacial score (nSPS) is 11.3. The molecule has 2 aromatic rings. The van der Waals surface area contributed by atoms with E-state index in [-0.39, 0.29) is 29.5 Å². The Hall–Kier alpha value is -2.56. The maximum absolute atomic E-state index is 12.8. The van der Waals surface area contributed by atoms with Crippen LogP contribution in [-0.4, -0.2) is 43.2 Å². The number of rotatable bonds is 8. The largest absolute Gasteiger partial charge is 0.467 e. The van der Waals surface area contributed by atoms with Gasteiger partial charge in [-0.25, -0.2) is 8.42 Å². The highest BCUT2D eigenvalue weighted by molar-refractivity contribution is 7.89. The second kappa shape index (κ2) is 8.70. The summed E-state index contributed by atoms with van der Waals surface area (Å²) in [6.07, 6.45) is 6.89. The van der Waals surface area contributed by atoms with Gasteiger partial charge in [0.15, 0.2) is 0 Å². The third-order valence-corrected chi connectivity index (χ3v) is 5.97. The van der Waals surface area contributed by atoms with E-state index in [1.165, 1.54) is 27.6 Å². The molecule has 0 N–H and O–H groups in total. The molecule has 138 valence electrons. The molecule has 0 atom stereocenters. The van der Waals surface area contributed by atoms with Gasteiger partial charge >= 0.3 is 0 Å². The van der Waals surface area contributed by atoms with Crippen LogP contribution in [-0.2, 0) is 16.6 Å². The quantitative estimate of drug-likeness (QED) is 0.666. The van der Waals surface area contributed by atoms with Gasteiger partial charge in [0.25, 0.3) is 5.91 Å². The fourth-order valence-electron chi connectivity index (χ4n) is 2.59. The summed E-state index contributed by atoms with van der Waals surface area (Å²) in [5.41, 5.74) is 0.264. The molecule has 1 aromatic heterocycles. The Kier molecular flexibility index (Phi) is 6.61. The van der Waals surface area contributed by atoms with Crippen LogP contribution >= 0.6 is 0 Å². The number of furan rings is 1. The Morgan fingerprint density at radius 3 is 2.50 bits per heavy atom. The molecule has 1 amide bonds. The molecule has 0 saturated heterocycles. The van der Waals surface area contributed by atoms with Gasteiger partial charge in [-0.05, 0) is 30.3 Å². The number of hydrogen-bond donors (Lipinski definition) is 0. The van der Waals surface area contributed by atoms with E-state index in [1.54, 1.807) is 38.1 Å². The molecule has 0 fully saturated rings. The number of amides is 1. The zero-order valence-corrected chi connectivity index (χ0v) is 15.7. The number of sulfonamides is 1. The number of terminal acetylenes is 1. The predicted molar refractivity (Wildman–Crippen MR) is 98.8 cm³/mol. The van der Waals surface area contributed by atoms with Gasteiger partial charge in [-0.15, -0.1) is 6.42 Å². The lowest BCUT2D eigenvalue weighted by Gasteiger charge is -2.21. The minimum absolute atomic E-state index is 0.0886. The van der Waals surface area contributed by atoms with Crippen LogP contribution in [0.2, 0.25) is 0 Å². The lowest BCUT2D eigenvalue weighted by atomic mass is 10.2. The van der Waals surface area contributed by atoms with Gasteiger partial charge in [0, 0.05) is 18.7 Å². The second-order valence-electron chi connectivity index (χ2n) is 5.56. The number of hydrogen-bond acceptors (Lipinski definition) is 4. The maximum atomic E-state index is 12.8. The highest BCUT2D eigenvalue weighted by Crippen LogP contribution is 2.18. The molecule has 0 unspecified atom stereocenters. The maximum Gasteiger partial charge on any atom is 0.255 e. The summed E-state index contributed by atoms with van der Waals surface area (Å²) in [4.78, 5) is 14.4. The van der Waals surface area contributed by atoms with Crippen molar-refractivity contribution < 1.29 is 17.6 Å². The van der Waals surface area contributed by atoms with E-state index in [9.17, 15) is 13.2 Å². The first-order chi connectivity index (χ1) is 12.4. The summed E-state index contributed by atoms with van der Waals surface area (Å²) in [6, 6.07) is 9.49. The van der Waals surface area contributed by atoms with Gasteiger partial charge in [-0.2, -0.15) is 4.31 Å². The summed E-state index contributed by atoms with van der Waals surface area (Å²) in [5.74, 6) is 2.70. The van der Waals surface area contributed by atoms with Crippen molar-refractivity contribution in [3.05, 3.63) is 54.0 Å². The van der Waals surface area contributed by atoms with Crippen molar-refractivity contribution in [1.29, 1.82) is 0 Å². The first-order valence-corrected chi connectivity index (χ1v) is 9.73. The molecule has 0 aliphatic rings. The number of carbonyl (C=O) groups excluding carboxylic acids is 1. The third kappa shape index (κ3) is 4.34. The van der Waals surface area contributed by atoms with Gasteiger partial charge in [0.1, 0.15) is 5.76 Å². The molecule has 1 aromatic carbocycles. The van der Waals surface area contributed by atoms with E-state index >= 15 is 0 Å². The van der Waals surface area contributed by atoms with Crippen LogP contribution in [0.3, 0.4) is 0 Å². The molecule has 0 aliphatic carbocycles. The number of nitrogens with zero attached hydrogens (tertiary/aromatic N) is 2. The monoisotopic (exact) mass is 374 g/mol. The predicted octanol–water partition coefficient (Wildman–Crippen LogP) is 2.59. The smallest absolute Gasteiger partial charge is 0.255 e.